The Kier molecular flexibility index (Phi) is 9.05. The standard InChI is InChI=1S/C28H38FN3O3/c1-7-26-25(18-31(20(2)3)17-23(33)19-34-28(4,5)6)27(35-24-15-13-21(29)14-16-24)32(30-26)22-11-9-8-10-12-22/h8-16,20,23,33H,7,17-19H2,1-6H3/t23-/m0/s1. The average Bonchev–Trinajstić information content (AvgIpc) is 3.15. The second-order valence-corrected chi connectivity index (χ2v) is 9.99. The molecule has 1 heterocycles. The predicted octanol–water partition coefficient (Wildman–Crippen LogP) is 5.75. The third kappa shape index (κ3) is 7.62. The van der Waals surface area contributed by atoms with Crippen molar-refractivity contribution in [2.45, 2.75) is 72.3 Å². The number of aromatic nitrogens is 2. The van der Waals surface area contributed by atoms with Crippen LogP contribution in [0.5, 0.6) is 11.6 Å². The lowest BCUT2D eigenvalue weighted by Gasteiger charge is -2.30. The summed E-state index contributed by atoms with van der Waals surface area (Å²) >= 11 is 0. The Morgan fingerprint density at radius 2 is 1.71 bits per heavy atom. The van der Waals surface area contributed by atoms with E-state index in [1.54, 1.807) is 16.8 Å². The fourth-order valence-electron chi connectivity index (χ4n) is 3.71. The molecule has 1 aromatic heterocycles. The van der Waals surface area contributed by atoms with Crippen LogP contribution < -0.4 is 4.74 Å². The molecule has 1 atom stereocenters. The minimum absolute atomic E-state index is 0.169. The SMILES string of the molecule is CCc1nn(-c2ccccc2)c(Oc2ccc(F)cc2)c1CN(C[C@H](O)COC(C)(C)C)C(C)C. The molecule has 0 spiro atoms. The quantitative estimate of drug-likeness (QED) is 0.376. The molecule has 0 fully saturated rings. The largest absolute Gasteiger partial charge is 0.439 e. The van der Waals surface area contributed by atoms with Crippen molar-refractivity contribution < 1.29 is 19.0 Å². The van der Waals surface area contributed by atoms with E-state index in [0.717, 1.165) is 23.4 Å². The molecule has 3 rings (SSSR count). The van der Waals surface area contributed by atoms with Crippen molar-refractivity contribution in [1.82, 2.24) is 14.7 Å². The molecular formula is C28H38FN3O3. The highest BCUT2D eigenvalue weighted by molar-refractivity contribution is 5.43. The molecule has 0 amide bonds. The lowest BCUT2D eigenvalue weighted by Crippen LogP contribution is -2.40. The van der Waals surface area contributed by atoms with Crippen LogP contribution in [0.15, 0.2) is 54.6 Å². The zero-order valence-corrected chi connectivity index (χ0v) is 21.7. The van der Waals surface area contributed by atoms with Gasteiger partial charge in [-0.25, -0.2) is 9.07 Å². The Labute approximate surface area is 208 Å². The Morgan fingerprint density at radius 1 is 1.06 bits per heavy atom. The fraction of sp³-hybridized carbons (Fsp3) is 0.464. The number of hydrogen-bond donors (Lipinski definition) is 1. The maximum absolute atomic E-state index is 13.5. The molecule has 7 heteroatoms. The molecule has 0 saturated heterocycles. The van der Waals surface area contributed by atoms with Gasteiger partial charge in [0, 0.05) is 19.1 Å². The third-order valence-corrected chi connectivity index (χ3v) is 5.63. The summed E-state index contributed by atoms with van der Waals surface area (Å²) in [4.78, 5) is 2.19. The van der Waals surface area contributed by atoms with E-state index in [1.807, 2.05) is 51.1 Å². The molecule has 0 aliphatic heterocycles. The number of ether oxygens (including phenoxy) is 2. The highest BCUT2D eigenvalue weighted by atomic mass is 19.1. The summed E-state index contributed by atoms with van der Waals surface area (Å²) in [6, 6.07) is 16.0. The number of nitrogens with zero attached hydrogens (tertiary/aromatic N) is 3. The van der Waals surface area contributed by atoms with Gasteiger partial charge in [-0.2, -0.15) is 5.10 Å². The molecule has 0 aliphatic rings. The topological polar surface area (TPSA) is 59.8 Å². The number of para-hydroxylation sites is 1. The molecule has 35 heavy (non-hydrogen) atoms. The highest BCUT2D eigenvalue weighted by Crippen LogP contribution is 2.32. The summed E-state index contributed by atoms with van der Waals surface area (Å²) in [5.74, 6) is 0.800. The van der Waals surface area contributed by atoms with Gasteiger partial charge in [0.15, 0.2) is 0 Å². The molecule has 190 valence electrons. The number of aryl methyl sites for hydroxylation is 1. The summed E-state index contributed by atoms with van der Waals surface area (Å²) in [7, 11) is 0. The van der Waals surface area contributed by atoms with Crippen LogP contribution in [0.1, 0.15) is 52.8 Å². The molecule has 0 bridgehead atoms. The lowest BCUT2D eigenvalue weighted by atomic mass is 10.1. The van der Waals surface area contributed by atoms with Crippen molar-refractivity contribution in [3.8, 4) is 17.3 Å². The second kappa shape index (κ2) is 11.8. The number of aliphatic hydroxyl groups excluding tert-OH is 1. The van der Waals surface area contributed by atoms with E-state index in [-0.39, 0.29) is 24.1 Å². The van der Waals surface area contributed by atoms with Gasteiger partial charge in [-0.15, -0.1) is 0 Å². The zero-order chi connectivity index (χ0) is 25.6. The summed E-state index contributed by atoms with van der Waals surface area (Å²) in [5, 5.41) is 15.6. The van der Waals surface area contributed by atoms with Gasteiger partial charge in [0.2, 0.25) is 5.88 Å². The number of aliphatic hydroxyl groups is 1. The van der Waals surface area contributed by atoms with Crippen molar-refractivity contribution in [2.75, 3.05) is 13.2 Å². The van der Waals surface area contributed by atoms with Crippen LogP contribution >= 0.6 is 0 Å². The lowest BCUT2D eigenvalue weighted by molar-refractivity contribution is -0.0587. The first-order chi connectivity index (χ1) is 16.6. The van der Waals surface area contributed by atoms with E-state index in [2.05, 4.69) is 25.7 Å². The second-order valence-electron chi connectivity index (χ2n) is 9.99. The maximum atomic E-state index is 13.5. The van der Waals surface area contributed by atoms with Gasteiger partial charge >= 0.3 is 0 Å². The van der Waals surface area contributed by atoms with Crippen LogP contribution in [0.4, 0.5) is 4.39 Å². The van der Waals surface area contributed by atoms with E-state index >= 15 is 0 Å². The van der Waals surface area contributed by atoms with E-state index in [9.17, 15) is 9.50 Å². The Balaban J connectivity index is 1.96. The monoisotopic (exact) mass is 483 g/mol. The van der Waals surface area contributed by atoms with Gasteiger partial charge in [0.05, 0.1) is 35.3 Å². The highest BCUT2D eigenvalue weighted by Gasteiger charge is 2.25. The first-order valence-electron chi connectivity index (χ1n) is 12.2. The van der Waals surface area contributed by atoms with Crippen molar-refractivity contribution in [2.24, 2.45) is 0 Å². The number of halogens is 1. The predicted molar refractivity (Wildman–Crippen MR) is 137 cm³/mol. The van der Waals surface area contributed by atoms with Gasteiger partial charge in [-0.1, -0.05) is 25.1 Å². The first-order valence-corrected chi connectivity index (χ1v) is 12.2. The van der Waals surface area contributed by atoms with Gasteiger partial charge in [-0.3, -0.25) is 4.90 Å². The zero-order valence-electron chi connectivity index (χ0n) is 21.7. The molecule has 2 aromatic carbocycles. The van der Waals surface area contributed by atoms with Gasteiger partial charge < -0.3 is 14.6 Å². The molecule has 3 aromatic rings. The van der Waals surface area contributed by atoms with Gasteiger partial charge in [-0.05, 0) is 77.4 Å². The number of rotatable bonds is 11. The van der Waals surface area contributed by atoms with Crippen LogP contribution in [0, 0.1) is 5.82 Å². The van der Waals surface area contributed by atoms with Crippen molar-refractivity contribution >= 4 is 0 Å². The molecular weight excluding hydrogens is 445 g/mol. The third-order valence-electron chi connectivity index (χ3n) is 5.63. The van der Waals surface area contributed by atoms with E-state index in [1.165, 1.54) is 12.1 Å². The van der Waals surface area contributed by atoms with Crippen molar-refractivity contribution in [3.05, 3.63) is 71.7 Å². The van der Waals surface area contributed by atoms with E-state index in [0.29, 0.717) is 24.7 Å². The molecule has 0 radical (unpaired) electrons. The fourth-order valence-corrected chi connectivity index (χ4v) is 3.71. The normalized spacial score (nSPS) is 13.0. The summed E-state index contributed by atoms with van der Waals surface area (Å²) < 4.78 is 27.4. The van der Waals surface area contributed by atoms with Gasteiger partial charge in [0.25, 0.3) is 0 Å². The molecule has 0 aliphatic carbocycles. The van der Waals surface area contributed by atoms with Crippen LogP contribution in [-0.4, -0.2) is 50.7 Å². The maximum Gasteiger partial charge on any atom is 0.227 e. The molecule has 1 N–H and O–H groups in total. The molecule has 0 unspecified atom stereocenters. The van der Waals surface area contributed by atoms with E-state index in [4.69, 9.17) is 14.6 Å². The van der Waals surface area contributed by atoms with Crippen LogP contribution in [0.3, 0.4) is 0 Å². The minimum atomic E-state index is -0.632. The van der Waals surface area contributed by atoms with Crippen molar-refractivity contribution in [1.29, 1.82) is 0 Å². The first kappa shape index (κ1) is 26.9. The number of benzene rings is 2. The summed E-state index contributed by atoms with van der Waals surface area (Å²) in [6.45, 7) is 13.4. The van der Waals surface area contributed by atoms with Crippen LogP contribution in [0.2, 0.25) is 0 Å². The van der Waals surface area contributed by atoms with E-state index < -0.39 is 6.10 Å². The molecule has 0 saturated carbocycles. The smallest absolute Gasteiger partial charge is 0.227 e. The minimum Gasteiger partial charge on any atom is -0.439 e. The summed E-state index contributed by atoms with van der Waals surface area (Å²) in [5.41, 5.74) is 2.42. The number of hydrogen-bond acceptors (Lipinski definition) is 5. The van der Waals surface area contributed by atoms with Gasteiger partial charge in [0.1, 0.15) is 11.6 Å². The average molecular weight is 484 g/mol. The Morgan fingerprint density at radius 3 is 2.29 bits per heavy atom. The Hall–Kier alpha value is -2.74. The molecule has 6 nitrogen and oxygen atoms in total. The van der Waals surface area contributed by atoms with Crippen LogP contribution in [-0.2, 0) is 17.7 Å². The van der Waals surface area contributed by atoms with Crippen molar-refractivity contribution in [3.63, 3.8) is 0 Å². The summed E-state index contributed by atoms with van der Waals surface area (Å²) in [6.07, 6.45) is 0.0867. The van der Waals surface area contributed by atoms with Crippen LogP contribution in [0.25, 0.3) is 5.69 Å². The Bertz CT molecular complexity index is 1060.